The second-order valence-electron chi connectivity index (χ2n) is 7.81. The largest absolute Gasteiger partial charge is 0.492 e. The van der Waals surface area contributed by atoms with Gasteiger partial charge in [-0.15, -0.1) is 11.8 Å². The molecule has 1 atom stereocenters. The highest BCUT2D eigenvalue weighted by Crippen LogP contribution is 2.39. The number of nitrogens with one attached hydrogen (secondary N) is 1. The van der Waals surface area contributed by atoms with Crippen LogP contribution in [0.3, 0.4) is 0 Å². The maximum atomic E-state index is 12.5. The fourth-order valence-electron chi connectivity index (χ4n) is 3.58. The maximum Gasteiger partial charge on any atom is 0.251 e. The molecule has 170 valence electrons. The normalized spacial score (nSPS) is 15.5. The van der Waals surface area contributed by atoms with Gasteiger partial charge in [-0.1, -0.05) is 60.1 Å². The number of thioether (sulfide) groups is 1. The summed E-state index contributed by atoms with van der Waals surface area (Å²) in [6.07, 6.45) is 0. The Labute approximate surface area is 203 Å². The first kappa shape index (κ1) is 23.2. The Morgan fingerprint density at radius 1 is 1.12 bits per heavy atom. The summed E-state index contributed by atoms with van der Waals surface area (Å²) < 4.78 is 5.65. The lowest BCUT2D eigenvalue weighted by Gasteiger charge is -2.24. The second kappa shape index (κ2) is 10.8. The van der Waals surface area contributed by atoms with Gasteiger partial charge in [0.1, 0.15) is 17.7 Å². The van der Waals surface area contributed by atoms with Crippen LogP contribution in [-0.2, 0) is 11.3 Å². The minimum Gasteiger partial charge on any atom is -0.492 e. The number of hydrogen-bond acceptors (Lipinski definition) is 4. The summed E-state index contributed by atoms with van der Waals surface area (Å²) in [6, 6.07) is 22.9. The van der Waals surface area contributed by atoms with Crippen molar-refractivity contribution < 1.29 is 14.3 Å². The monoisotopic (exact) mass is 480 g/mol. The van der Waals surface area contributed by atoms with Crippen LogP contribution in [0.25, 0.3) is 0 Å². The van der Waals surface area contributed by atoms with Gasteiger partial charge in [-0.3, -0.25) is 9.59 Å². The lowest BCUT2D eigenvalue weighted by Crippen LogP contribution is -2.28. The van der Waals surface area contributed by atoms with E-state index in [1.165, 1.54) is 0 Å². The summed E-state index contributed by atoms with van der Waals surface area (Å²) in [5, 5.41) is 3.47. The number of nitrogens with zero attached hydrogens (tertiary/aromatic N) is 1. The minimum atomic E-state index is -0.164. The van der Waals surface area contributed by atoms with E-state index in [-0.39, 0.29) is 17.2 Å². The van der Waals surface area contributed by atoms with E-state index in [9.17, 15) is 9.59 Å². The molecule has 5 nitrogen and oxygen atoms in total. The van der Waals surface area contributed by atoms with Crippen LogP contribution in [0.15, 0.2) is 72.8 Å². The highest BCUT2D eigenvalue weighted by molar-refractivity contribution is 8.00. The highest BCUT2D eigenvalue weighted by atomic mass is 35.5. The molecule has 0 saturated carbocycles. The van der Waals surface area contributed by atoms with E-state index in [4.69, 9.17) is 16.3 Å². The van der Waals surface area contributed by atoms with Crippen LogP contribution in [-0.4, -0.2) is 35.6 Å². The summed E-state index contributed by atoms with van der Waals surface area (Å²) in [4.78, 5) is 26.8. The molecule has 4 rings (SSSR count). The lowest BCUT2D eigenvalue weighted by molar-refractivity contribution is -0.128. The molecular weight excluding hydrogens is 456 g/mol. The van der Waals surface area contributed by atoms with Gasteiger partial charge < -0.3 is 15.0 Å². The number of carbonyl (C=O) groups is 2. The van der Waals surface area contributed by atoms with Crippen molar-refractivity contribution in [3.8, 4) is 5.75 Å². The number of aryl methyl sites for hydroxylation is 1. The standard InChI is InChI=1S/C26H25ClN2O3S/c1-18-7-12-22(15-23(18)27)32-14-13-28-25(31)20-8-10-21(11-9-20)26-29(24(30)17-33-26)16-19-5-3-2-4-6-19/h2-12,15,26H,13-14,16-17H2,1H3,(H,28,31). The molecule has 1 heterocycles. The Bertz CT molecular complexity index is 1120. The number of benzene rings is 3. The predicted molar refractivity (Wildman–Crippen MR) is 133 cm³/mol. The van der Waals surface area contributed by atoms with Gasteiger partial charge in [0, 0.05) is 17.1 Å². The predicted octanol–water partition coefficient (Wildman–Crippen LogP) is 5.23. The first-order chi connectivity index (χ1) is 16.0. The molecule has 0 aromatic heterocycles. The number of hydrogen-bond donors (Lipinski definition) is 1. The van der Waals surface area contributed by atoms with Crippen molar-refractivity contribution in [3.63, 3.8) is 0 Å². The Kier molecular flexibility index (Phi) is 7.57. The van der Waals surface area contributed by atoms with E-state index in [2.05, 4.69) is 5.32 Å². The lowest BCUT2D eigenvalue weighted by atomic mass is 10.1. The van der Waals surface area contributed by atoms with Gasteiger partial charge in [0.05, 0.1) is 12.3 Å². The Hall–Kier alpha value is -2.96. The van der Waals surface area contributed by atoms with Crippen molar-refractivity contribution >= 4 is 35.2 Å². The van der Waals surface area contributed by atoms with Crippen LogP contribution in [0.4, 0.5) is 0 Å². The van der Waals surface area contributed by atoms with Gasteiger partial charge >= 0.3 is 0 Å². The molecule has 3 aromatic carbocycles. The van der Waals surface area contributed by atoms with Crippen LogP contribution in [0, 0.1) is 6.92 Å². The third kappa shape index (κ3) is 5.89. The first-order valence-corrected chi connectivity index (χ1v) is 12.2. The summed E-state index contributed by atoms with van der Waals surface area (Å²) in [5.41, 5.74) is 3.67. The molecule has 0 radical (unpaired) electrons. The van der Waals surface area contributed by atoms with Crippen LogP contribution < -0.4 is 10.1 Å². The number of rotatable bonds is 8. The van der Waals surface area contributed by atoms with E-state index in [1.807, 2.05) is 66.4 Å². The maximum absolute atomic E-state index is 12.5. The molecular formula is C26H25ClN2O3S. The number of amides is 2. The molecule has 3 aromatic rings. The summed E-state index contributed by atoms with van der Waals surface area (Å²) in [6.45, 7) is 3.23. The molecule has 0 bridgehead atoms. The smallest absolute Gasteiger partial charge is 0.251 e. The third-order valence-electron chi connectivity index (χ3n) is 5.42. The number of ether oxygens (including phenoxy) is 1. The zero-order chi connectivity index (χ0) is 23.2. The second-order valence-corrected chi connectivity index (χ2v) is 9.28. The fraction of sp³-hybridized carbons (Fsp3) is 0.231. The van der Waals surface area contributed by atoms with E-state index >= 15 is 0 Å². The Balaban J connectivity index is 1.31. The molecule has 0 spiro atoms. The van der Waals surface area contributed by atoms with E-state index in [1.54, 1.807) is 30.0 Å². The van der Waals surface area contributed by atoms with Crippen molar-refractivity contribution in [2.75, 3.05) is 18.9 Å². The van der Waals surface area contributed by atoms with Gasteiger partial charge in [0.2, 0.25) is 5.91 Å². The minimum absolute atomic E-state index is 0.0513. The topological polar surface area (TPSA) is 58.6 Å². The van der Waals surface area contributed by atoms with Crippen molar-refractivity contribution in [3.05, 3.63) is 100 Å². The van der Waals surface area contributed by atoms with Gasteiger partial charge in [-0.2, -0.15) is 0 Å². The van der Waals surface area contributed by atoms with Gasteiger partial charge in [0.25, 0.3) is 5.91 Å². The Morgan fingerprint density at radius 3 is 2.61 bits per heavy atom. The van der Waals surface area contributed by atoms with Crippen molar-refractivity contribution in [2.24, 2.45) is 0 Å². The van der Waals surface area contributed by atoms with Crippen molar-refractivity contribution in [1.29, 1.82) is 0 Å². The molecule has 1 aliphatic rings. The van der Waals surface area contributed by atoms with Gasteiger partial charge in [0.15, 0.2) is 0 Å². The molecule has 1 saturated heterocycles. The summed E-state index contributed by atoms with van der Waals surface area (Å²) >= 11 is 7.71. The average molecular weight is 481 g/mol. The van der Waals surface area contributed by atoms with Crippen molar-refractivity contribution in [1.82, 2.24) is 10.2 Å². The Morgan fingerprint density at radius 2 is 1.88 bits per heavy atom. The summed E-state index contributed by atoms with van der Waals surface area (Å²) in [7, 11) is 0. The fourth-order valence-corrected chi connectivity index (χ4v) is 4.94. The molecule has 1 aliphatic heterocycles. The molecule has 1 N–H and O–H groups in total. The zero-order valence-corrected chi connectivity index (χ0v) is 19.9. The van der Waals surface area contributed by atoms with Gasteiger partial charge in [-0.05, 0) is 47.9 Å². The van der Waals surface area contributed by atoms with Crippen molar-refractivity contribution in [2.45, 2.75) is 18.8 Å². The number of halogens is 1. The quantitative estimate of drug-likeness (QED) is 0.448. The molecule has 7 heteroatoms. The summed E-state index contributed by atoms with van der Waals surface area (Å²) in [5.74, 6) is 1.10. The average Bonchev–Trinajstić information content (AvgIpc) is 3.19. The molecule has 1 fully saturated rings. The van der Waals surface area contributed by atoms with Gasteiger partial charge in [-0.25, -0.2) is 0 Å². The van der Waals surface area contributed by atoms with E-state index in [0.717, 1.165) is 16.7 Å². The van der Waals surface area contributed by atoms with Crippen LogP contribution in [0.1, 0.15) is 32.4 Å². The zero-order valence-electron chi connectivity index (χ0n) is 18.3. The molecule has 0 aliphatic carbocycles. The van der Waals surface area contributed by atoms with Crippen LogP contribution >= 0.6 is 23.4 Å². The number of carbonyl (C=O) groups excluding carboxylic acids is 2. The van der Waals surface area contributed by atoms with Crippen LogP contribution in [0.2, 0.25) is 5.02 Å². The first-order valence-electron chi connectivity index (χ1n) is 10.7. The van der Waals surface area contributed by atoms with Crippen LogP contribution in [0.5, 0.6) is 5.75 Å². The van der Waals surface area contributed by atoms with E-state index < -0.39 is 0 Å². The third-order valence-corrected chi connectivity index (χ3v) is 7.08. The molecule has 1 unspecified atom stereocenters. The molecule has 2 amide bonds. The van der Waals surface area contributed by atoms with E-state index in [0.29, 0.717) is 41.8 Å². The SMILES string of the molecule is Cc1ccc(OCCNC(=O)c2ccc(C3SCC(=O)N3Cc3ccccc3)cc2)cc1Cl. The highest BCUT2D eigenvalue weighted by Gasteiger charge is 2.32. The molecule has 33 heavy (non-hydrogen) atoms.